The first-order valence-corrected chi connectivity index (χ1v) is 12.0. The van der Waals surface area contributed by atoms with Crippen molar-refractivity contribution in [2.24, 2.45) is 0 Å². The van der Waals surface area contributed by atoms with Gasteiger partial charge in [0, 0.05) is 64.5 Å². The van der Waals surface area contributed by atoms with E-state index in [2.05, 4.69) is 39.4 Å². The van der Waals surface area contributed by atoms with Gasteiger partial charge in [0.1, 0.15) is 5.82 Å². The number of amides is 1. The minimum atomic E-state index is -0.00147. The molecular formula is C25H34N6O. The normalized spacial score (nSPS) is 21.1. The number of hydrogen-bond acceptors (Lipinski definition) is 6. The Morgan fingerprint density at radius 1 is 1.06 bits per heavy atom. The molecule has 5 rings (SSSR count). The van der Waals surface area contributed by atoms with E-state index in [9.17, 15) is 4.79 Å². The number of nitrogens with zero attached hydrogens (tertiary/aromatic N) is 5. The van der Waals surface area contributed by atoms with Crippen molar-refractivity contribution in [3.8, 4) is 0 Å². The minimum absolute atomic E-state index is 0.00147. The van der Waals surface area contributed by atoms with Gasteiger partial charge >= 0.3 is 0 Å². The van der Waals surface area contributed by atoms with Gasteiger partial charge in [-0.15, -0.1) is 0 Å². The average molecular weight is 435 g/mol. The summed E-state index contributed by atoms with van der Waals surface area (Å²) in [5.74, 6) is 1.83. The molecule has 7 heteroatoms. The van der Waals surface area contributed by atoms with E-state index in [1.807, 2.05) is 11.9 Å². The van der Waals surface area contributed by atoms with Gasteiger partial charge in [-0.3, -0.25) is 9.69 Å². The van der Waals surface area contributed by atoms with Crippen LogP contribution in [0.5, 0.6) is 0 Å². The molecule has 0 radical (unpaired) electrons. The van der Waals surface area contributed by atoms with Crippen molar-refractivity contribution in [3.63, 3.8) is 0 Å². The second kappa shape index (κ2) is 9.06. The fraction of sp³-hybridized carbons (Fsp3) is 0.560. The number of fused-ring (bicyclic) bond motifs is 1. The van der Waals surface area contributed by atoms with Gasteiger partial charge in [0.15, 0.2) is 5.82 Å². The summed E-state index contributed by atoms with van der Waals surface area (Å²) >= 11 is 0. The van der Waals surface area contributed by atoms with Crippen LogP contribution in [0.3, 0.4) is 0 Å². The Morgan fingerprint density at radius 2 is 1.84 bits per heavy atom. The molecule has 2 fully saturated rings. The van der Waals surface area contributed by atoms with E-state index in [-0.39, 0.29) is 11.9 Å². The second-order valence-corrected chi connectivity index (χ2v) is 9.30. The molecule has 0 aliphatic carbocycles. The molecule has 2 saturated heterocycles. The van der Waals surface area contributed by atoms with Gasteiger partial charge in [-0.2, -0.15) is 0 Å². The highest BCUT2D eigenvalue weighted by atomic mass is 16.2. The molecule has 2 aromatic rings. The molecule has 7 nitrogen and oxygen atoms in total. The van der Waals surface area contributed by atoms with E-state index in [4.69, 9.17) is 9.97 Å². The first-order valence-electron chi connectivity index (χ1n) is 12.0. The van der Waals surface area contributed by atoms with Crippen LogP contribution in [-0.4, -0.2) is 58.9 Å². The number of anilines is 2. The average Bonchev–Trinajstić information content (AvgIpc) is 3.51. The van der Waals surface area contributed by atoms with Gasteiger partial charge in [0.2, 0.25) is 5.91 Å². The molecule has 170 valence electrons. The van der Waals surface area contributed by atoms with Crippen molar-refractivity contribution in [3.05, 3.63) is 46.9 Å². The van der Waals surface area contributed by atoms with Gasteiger partial charge < -0.3 is 15.1 Å². The van der Waals surface area contributed by atoms with Gasteiger partial charge in [0.25, 0.3) is 0 Å². The molecule has 1 atom stereocenters. The van der Waals surface area contributed by atoms with Crippen molar-refractivity contribution in [2.45, 2.75) is 58.2 Å². The van der Waals surface area contributed by atoms with Crippen LogP contribution >= 0.6 is 0 Å². The number of nitrogens with one attached hydrogen (secondary N) is 1. The smallest absolute Gasteiger partial charge is 0.220 e. The van der Waals surface area contributed by atoms with Crippen molar-refractivity contribution in [1.29, 1.82) is 0 Å². The lowest BCUT2D eigenvalue weighted by atomic mass is 10.0. The van der Waals surface area contributed by atoms with Crippen LogP contribution in [0.4, 0.5) is 11.5 Å². The number of carbonyl (C=O) groups excluding carboxylic acids is 1. The largest absolute Gasteiger partial charge is 0.373 e. The zero-order valence-corrected chi connectivity index (χ0v) is 19.3. The van der Waals surface area contributed by atoms with Gasteiger partial charge in [-0.1, -0.05) is 12.1 Å². The van der Waals surface area contributed by atoms with Gasteiger partial charge in [-0.05, 0) is 49.8 Å². The highest BCUT2D eigenvalue weighted by molar-refractivity contribution is 5.74. The number of rotatable bonds is 5. The molecule has 0 unspecified atom stereocenters. The summed E-state index contributed by atoms with van der Waals surface area (Å²) in [5.41, 5.74) is 5.02. The predicted molar refractivity (Wildman–Crippen MR) is 127 cm³/mol. The summed E-state index contributed by atoms with van der Waals surface area (Å²) < 4.78 is 0. The van der Waals surface area contributed by atoms with E-state index in [0.717, 1.165) is 62.8 Å². The molecule has 4 heterocycles. The fourth-order valence-electron chi connectivity index (χ4n) is 5.45. The minimum Gasteiger partial charge on any atom is -0.373 e. The van der Waals surface area contributed by atoms with E-state index in [1.54, 1.807) is 6.92 Å². The van der Waals surface area contributed by atoms with Crippen molar-refractivity contribution in [2.75, 3.05) is 43.4 Å². The van der Waals surface area contributed by atoms with Crippen LogP contribution in [0.25, 0.3) is 0 Å². The van der Waals surface area contributed by atoms with Crippen molar-refractivity contribution >= 4 is 17.4 Å². The third kappa shape index (κ3) is 4.18. The van der Waals surface area contributed by atoms with Crippen LogP contribution in [0.15, 0.2) is 24.3 Å². The zero-order valence-electron chi connectivity index (χ0n) is 19.3. The molecule has 3 aliphatic rings. The summed E-state index contributed by atoms with van der Waals surface area (Å²) in [6.07, 6.45) is 5.50. The van der Waals surface area contributed by atoms with E-state index in [1.165, 1.54) is 42.7 Å². The first kappa shape index (κ1) is 21.2. The summed E-state index contributed by atoms with van der Waals surface area (Å²) in [6, 6.07) is 9.09. The Morgan fingerprint density at radius 3 is 2.56 bits per heavy atom. The molecule has 1 amide bonds. The van der Waals surface area contributed by atoms with Crippen LogP contribution in [0.1, 0.15) is 61.3 Å². The van der Waals surface area contributed by atoms with Crippen LogP contribution in [0.2, 0.25) is 0 Å². The van der Waals surface area contributed by atoms with E-state index < -0.39 is 0 Å². The quantitative estimate of drug-likeness (QED) is 0.779. The maximum absolute atomic E-state index is 12.1. The molecule has 3 aliphatic heterocycles. The van der Waals surface area contributed by atoms with Gasteiger partial charge in [-0.25, -0.2) is 9.97 Å². The number of hydrogen-bond donors (Lipinski definition) is 1. The molecule has 0 saturated carbocycles. The Labute approximate surface area is 190 Å². The van der Waals surface area contributed by atoms with Crippen molar-refractivity contribution in [1.82, 2.24) is 19.8 Å². The second-order valence-electron chi connectivity index (χ2n) is 9.30. The lowest BCUT2D eigenvalue weighted by Crippen LogP contribution is -2.33. The zero-order chi connectivity index (χ0) is 22.1. The molecule has 1 N–H and O–H groups in total. The van der Waals surface area contributed by atoms with E-state index >= 15 is 0 Å². The maximum atomic E-state index is 12.1. The Kier molecular flexibility index (Phi) is 6.00. The third-order valence-corrected chi connectivity index (χ3v) is 7.17. The number of benzene rings is 1. The lowest BCUT2D eigenvalue weighted by molar-refractivity contribution is -0.129. The van der Waals surface area contributed by atoms with Crippen LogP contribution in [0, 0.1) is 0 Å². The monoisotopic (exact) mass is 434 g/mol. The highest BCUT2D eigenvalue weighted by Crippen LogP contribution is 2.33. The number of aromatic nitrogens is 2. The first-order chi connectivity index (χ1) is 15.6. The summed E-state index contributed by atoms with van der Waals surface area (Å²) in [4.78, 5) is 28.8. The van der Waals surface area contributed by atoms with E-state index in [0.29, 0.717) is 0 Å². The Bertz CT molecular complexity index is 969. The molecule has 0 spiro atoms. The summed E-state index contributed by atoms with van der Waals surface area (Å²) in [6.45, 7) is 7.56. The summed E-state index contributed by atoms with van der Waals surface area (Å²) in [7, 11) is 1.93. The standard InChI is InChI=1S/C25H34N6O/c1-18(32)31-14-5-6-23(31)25-27-22-17-29(15-11-21(22)24(26-2)28-25)16-19-7-9-20(10-8-19)30-12-3-4-13-30/h7-10,23H,3-6,11-17H2,1-2H3,(H,26,27,28)/t23-/m1/s1. The third-order valence-electron chi connectivity index (χ3n) is 7.17. The summed E-state index contributed by atoms with van der Waals surface area (Å²) in [5, 5.41) is 3.28. The Balaban J connectivity index is 1.32. The van der Waals surface area contributed by atoms with Crippen LogP contribution < -0.4 is 10.2 Å². The van der Waals surface area contributed by atoms with Gasteiger partial charge in [0.05, 0.1) is 11.7 Å². The maximum Gasteiger partial charge on any atom is 0.220 e. The molecule has 1 aromatic carbocycles. The predicted octanol–water partition coefficient (Wildman–Crippen LogP) is 3.36. The molecule has 0 bridgehead atoms. The highest BCUT2D eigenvalue weighted by Gasteiger charge is 2.32. The van der Waals surface area contributed by atoms with Crippen LogP contribution in [-0.2, 0) is 24.3 Å². The molecular weight excluding hydrogens is 400 g/mol. The Hall–Kier alpha value is -2.67. The fourth-order valence-corrected chi connectivity index (χ4v) is 5.45. The number of carbonyl (C=O) groups is 1. The SMILES string of the molecule is CNc1nc([C@H]2CCCN2C(C)=O)nc2c1CCN(Cc1ccc(N3CCCC3)cc1)C2. The molecule has 1 aromatic heterocycles. The van der Waals surface area contributed by atoms with Crippen molar-refractivity contribution < 1.29 is 4.79 Å². The molecule has 32 heavy (non-hydrogen) atoms. The topological polar surface area (TPSA) is 64.6 Å². The lowest BCUT2D eigenvalue weighted by Gasteiger charge is -2.30. The number of likely N-dealkylation sites (tertiary alicyclic amines) is 1.